The molecule has 3 fully saturated rings. The smallest absolute Gasteiger partial charge is 0.132 e. The number of hydrogen-bond donors (Lipinski definition) is 2. The van der Waals surface area contributed by atoms with Gasteiger partial charge in [-0.05, 0) is 216 Å². The Hall–Kier alpha value is -7.80. The third kappa shape index (κ3) is 20.1. The Morgan fingerprint density at radius 1 is 0.538 bits per heavy atom. The van der Waals surface area contributed by atoms with Crippen LogP contribution in [0.4, 0.5) is 18.9 Å². The van der Waals surface area contributed by atoms with Gasteiger partial charge in [-0.1, -0.05) is 69.4 Å². The summed E-state index contributed by atoms with van der Waals surface area (Å²) < 4.78 is 45.2. The SMILES string of the molecule is CCCN1C[C@H](C)C[C@H](C)C1.C[C@@H]1CN(CCCc2cnc3ccc(-c4[nH]cnc4-c4cc(Cl)ccc4F)nc3c2)C[C@H](C)N1.C[C@@H]1C[C@H](C)CN(CCN(C)c2cnc3ccc(C4=C(c5cc(Cl)ccc5F)CC=N4)nc3c2)C1.Cc1cnc2ccc(-c3ncn(C)c3-c3cc(Cl)ccc3F)nc2c1.I. The molecule has 0 unspecified atom stereocenters. The molecule has 3 saturated heterocycles. The zero-order valence-electron chi connectivity index (χ0n) is 62.1. The van der Waals surface area contributed by atoms with Gasteiger partial charge in [-0.25, -0.2) is 38.1 Å². The molecule has 3 aromatic carbocycles. The lowest BCUT2D eigenvalue weighted by Gasteiger charge is -2.36. The van der Waals surface area contributed by atoms with Gasteiger partial charge < -0.3 is 34.5 Å². The van der Waals surface area contributed by atoms with E-state index in [9.17, 15) is 13.2 Å². The molecule has 0 bridgehead atoms. The number of hydrogen-bond acceptors (Lipinski definition) is 14. The summed E-state index contributed by atoms with van der Waals surface area (Å²) >= 11 is 18.3. The van der Waals surface area contributed by atoms with Crippen LogP contribution in [0.15, 0.2) is 145 Å². The summed E-state index contributed by atoms with van der Waals surface area (Å²) in [5.74, 6) is 2.31. The molecule has 23 heteroatoms. The minimum Gasteiger partial charge on any atom is -0.372 e. The number of piperazine rings is 1. The maximum atomic E-state index is 14.6. The molecule has 0 aliphatic carbocycles. The maximum Gasteiger partial charge on any atom is 0.132 e. The molecule has 8 aromatic heterocycles. The number of aromatic amines is 1. The van der Waals surface area contributed by atoms with Crippen molar-refractivity contribution in [3.8, 4) is 45.3 Å². The summed E-state index contributed by atoms with van der Waals surface area (Å²) in [5.41, 5.74) is 15.2. The number of piperidine rings is 2. The number of rotatable bonds is 16. The van der Waals surface area contributed by atoms with E-state index in [4.69, 9.17) is 44.8 Å². The van der Waals surface area contributed by atoms with E-state index in [1.807, 2.05) is 68.8 Å². The normalized spacial score (nSPS) is 19.1. The van der Waals surface area contributed by atoms with Crippen LogP contribution in [0.2, 0.25) is 15.1 Å². The van der Waals surface area contributed by atoms with E-state index in [2.05, 4.69) is 132 Å². The van der Waals surface area contributed by atoms with Crippen LogP contribution in [0.25, 0.3) is 89.7 Å². The summed E-state index contributed by atoms with van der Waals surface area (Å²) in [6, 6.07) is 32.1. The Morgan fingerprint density at radius 3 is 1.72 bits per heavy atom. The minimum atomic E-state index is -0.379. The topological polar surface area (TPSA) is 161 Å². The lowest BCUT2D eigenvalue weighted by molar-refractivity contribution is 0.141. The maximum absolute atomic E-state index is 14.6. The molecule has 0 saturated carbocycles. The quantitative estimate of drug-likeness (QED) is 0.0880. The van der Waals surface area contributed by atoms with Gasteiger partial charge in [0.05, 0.1) is 91.8 Å². The zero-order valence-corrected chi connectivity index (χ0v) is 66.7. The highest BCUT2D eigenvalue weighted by Gasteiger charge is 2.26. The van der Waals surface area contributed by atoms with Gasteiger partial charge in [-0.3, -0.25) is 19.9 Å². The first kappa shape index (κ1) is 79.2. The van der Waals surface area contributed by atoms with Gasteiger partial charge in [0.25, 0.3) is 0 Å². The number of allylic oxidation sites excluding steroid dienone is 1. The minimum absolute atomic E-state index is 0. The first-order chi connectivity index (χ1) is 50.6. The average Bonchev–Trinajstić information content (AvgIpc) is 1.53. The van der Waals surface area contributed by atoms with Crippen LogP contribution in [0.1, 0.15) is 103 Å². The number of likely N-dealkylation sites (N-methyl/N-ethyl adjacent to an activating group) is 1. The number of aromatic nitrogens is 10. The van der Waals surface area contributed by atoms with Crippen molar-refractivity contribution in [3.63, 3.8) is 0 Å². The number of nitrogens with zero attached hydrogens (tertiary/aromatic N) is 14. The number of halogens is 7. The van der Waals surface area contributed by atoms with Crippen molar-refractivity contribution in [1.29, 1.82) is 0 Å². The fraction of sp³-hybridized carbons (Fsp3) is 0.386. The lowest BCUT2D eigenvalue weighted by atomic mass is 9.92. The highest BCUT2D eigenvalue weighted by Crippen LogP contribution is 2.38. The number of anilines is 1. The Bertz CT molecular complexity index is 4880. The summed E-state index contributed by atoms with van der Waals surface area (Å²) in [7, 11) is 3.92. The molecule has 11 aromatic rings. The highest BCUT2D eigenvalue weighted by atomic mass is 127. The first-order valence-electron chi connectivity index (χ1n) is 36.7. The largest absolute Gasteiger partial charge is 0.372 e. The van der Waals surface area contributed by atoms with Gasteiger partial charge in [0.15, 0.2) is 0 Å². The molecule has 106 heavy (non-hydrogen) atoms. The van der Waals surface area contributed by atoms with Crippen LogP contribution in [0.5, 0.6) is 0 Å². The van der Waals surface area contributed by atoms with Gasteiger partial charge in [0, 0.05) is 135 Å². The third-order valence-corrected chi connectivity index (χ3v) is 20.4. The standard InChI is InChI=1S/C28H31ClFN5.C26H28ClFN6.C19H14ClFN4.C10H21N.HI/c1-18-12-19(2)17-35(16-18)11-10-34(3)21-14-27-25(32-15-21)6-7-26(33-27)28-22(8-9-31-28)23-13-20(29)4-5-24(23)30;1-16-13-34(14-17(2)32-16)9-3-4-18-10-24-22(29-12-18)7-8-23(33-24)26-25(30-15-31-26)20-11-19(27)5-6-21(20)28;1-11-7-17-15(22-9-11)5-6-16(24-17)18-19(25(2)10-23-18)13-8-12(20)3-4-14(13)21;1-4-5-11-7-9(2)6-10(3)8-11;/h4-7,9,13-15,18-19H,8,10-12,16-17H2,1-3H3;5-8,10-12,15-17,32H,3-4,9,13-14H2,1-2H3,(H,30,31);3-10H,1-2H3;9-10H,4-8H2,1-3H3;1H/t18-,19+;16-,17+;;9-,10+;. The second kappa shape index (κ2) is 36.4. The second-order valence-corrected chi connectivity index (χ2v) is 30.6. The number of pyridine rings is 6. The van der Waals surface area contributed by atoms with Crippen molar-refractivity contribution in [2.24, 2.45) is 35.7 Å². The van der Waals surface area contributed by atoms with Crippen LogP contribution >= 0.6 is 58.8 Å². The van der Waals surface area contributed by atoms with Crippen LogP contribution in [-0.2, 0) is 13.5 Å². The highest BCUT2D eigenvalue weighted by molar-refractivity contribution is 14.0. The van der Waals surface area contributed by atoms with E-state index in [1.54, 1.807) is 53.9 Å². The van der Waals surface area contributed by atoms with Crippen LogP contribution in [0, 0.1) is 48.0 Å². The summed E-state index contributed by atoms with van der Waals surface area (Å²) in [4.78, 5) is 54.3. The molecule has 4 aliphatic heterocycles. The molecule has 0 amide bonds. The lowest BCUT2D eigenvalue weighted by Crippen LogP contribution is -2.54. The van der Waals surface area contributed by atoms with E-state index in [0.717, 1.165) is 119 Å². The molecule has 4 aliphatic rings. The average molecular weight is 1610 g/mol. The fourth-order valence-electron chi connectivity index (χ4n) is 15.3. The molecule has 6 atom stereocenters. The number of H-pyrrole nitrogens is 1. The molecule has 16 nitrogen and oxygen atoms in total. The van der Waals surface area contributed by atoms with Gasteiger partial charge in [-0.2, -0.15) is 0 Å². The van der Waals surface area contributed by atoms with E-state index < -0.39 is 0 Å². The number of benzene rings is 3. The number of fused-ring (bicyclic) bond motifs is 3. The van der Waals surface area contributed by atoms with Gasteiger partial charge in [0.1, 0.15) is 28.8 Å². The predicted molar refractivity (Wildman–Crippen MR) is 440 cm³/mol. The van der Waals surface area contributed by atoms with Crippen molar-refractivity contribution in [2.45, 2.75) is 106 Å². The van der Waals surface area contributed by atoms with E-state index in [0.29, 0.717) is 95.8 Å². The molecular formula is C83H95Cl3F3IN16. The molecular weight excluding hydrogens is 1510 g/mol. The molecule has 15 rings (SSSR count). The second-order valence-electron chi connectivity index (χ2n) is 29.3. The number of imidazole rings is 2. The molecule has 0 spiro atoms. The summed E-state index contributed by atoms with van der Waals surface area (Å²) in [6.45, 7) is 29.7. The predicted octanol–water partition coefficient (Wildman–Crippen LogP) is 19.1. The van der Waals surface area contributed by atoms with E-state index in [-0.39, 0.29) is 41.4 Å². The molecule has 0 radical (unpaired) electrons. The number of nitrogens with one attached hydrogen (secondary N) is 2. The number of aryl methyl sites for hydroxylation is 3. The van der Waals surface area contributed by atoms with Crippen LogP contribution in [0.3, 0.4) is 0 Å². The molecule has 2 N–H and O–H groups in total. The van der Waals surface area contributed by atoms with Crippen molar-refractivity contribution in [2.75, 3.05) is 77.4 Å². The fourth-order valence-corrected chi connectivity index (χ4v) is 15.8. The third-order valence-electron chi connectivity index (χ3n) is 19.7. The van der Waals surface area contributed by atoms with Crippen LogP contribution in [-0.4, -0.2) is 155 Å². The van der Waals surface area contributed by atoms with Crippen molar-refractivity contribution >= 4 is 115 Å². The summed E-state index contributed by atoms with van der Waals surface area (Å²) in [5, 5.41) is 5.00. The van der Waals surface area contributed by atoms with Crippen molar-refractivity contribution in [3.05, 3.63) is 195 Å². The molecule has 12 heterocycles. The first-order valence-corrected chi connectivity index (χ1v) is 37.8. The Kier molecular flexibility index (Phi) is 27.2. The number of likely N-dealkylation sites (tertiary alicyclic amines) is 2. The van der Waals surface area contributed by atoms with Gasteiger partial charge in [0.2, 0.25) is 0 Å². The van der Waals surface area contributed by atoms with E-state index in [1.165, 1.54) is 87.9 Å². The summed E-state index contributed by atoms with van der Waals surface area (Å²) in [6.07, 6.45) is 17.3. The van der Waals surface area contributed by atoms with E-state index >= 15 is 0 Å². The van der Waals surface area contributed by atoms with Crippen LogP contribution < -0.4 is 10.2 Å². The Labute approximate surface area is 652 Å². The number of aliphatic imine (C=N–C) groups is 1. The zero-order chi connectivity index (χ0) is 74.0. The van der Waals surface area contributed by atoms with Crippen molar-refractivity contribution < 1.29 is 13.2 Å². The van der Waals surface area contributed by atoms with Gasteiger partial charge >= 0.3 is 0 Å². The monoisotopic (exact) mass is 1600 g/mol. The van der Waals surface area contributed by atoms with Gasteiger partial charge in [-0.15, -0.1) is 24.0 Å². The Morgan fingerprint density at radius 2 is 1.07 bits per heavy atom. The molecule has 556 valence electrons. The Balaban J connectivity index is 0.000000149. The van der Waals surface area contributed by atoms with Crippen molar-refractivity contribution in [1.82, 2.24) is 69.4 Å².